The molecular weight excluding hydrogens is 222 g/mol. The molecule has 0 bridgehead atoms. The Morgan fingerprint density at radius 3 is 2.71 bits per heavy atom. The van der Waals surface area contributed by atoms with E-state index in [1.54, 1.807) is 19.9 Å². The fraction of sp³-hybridized carbons (Fsp3) is 0.364. The molecular formula is C11H15N3O3. The maximum absolute atomic E-state index is 11.0. The molecule has 6 nitrogen and oxygen atoms in total. The quantitative estimate of drug-likeness (QED) is 0.696. The van der Waals surface area contributed by atoms with E-state index in [4.69, 9.17) is 10.8 Å². The number of carboxylic acid groups (broad SMARTS) is 1. The standard InChI is InChI=1S/C11H15N3O3/c1-6(11(16)17)5-13-9-4-8(10(12)15)3-7(2)14-9/h3-4,6H,5H2,1-2H3,(H2,12,15)(H,13,14)(H,16,17). The number of rotatable bonds is 5. The molecule has 1 atom stereocenters. The van der Waals surface area contributed by atoms with Gasteiger partial charge in [0, 0.05) is 17.8 Å². The van der Waals surface area contributed by atoms with Gasteiger partial charge in [0.05, 0.1) is 5.92 Å². The molecule has 1 aromatic rings. The molecule has 0 aromatic carbocycles. The van der Waals surface area contributed by atoms with Crippen molar-refractivity contribution in [1.82, 2.24) is 4.98 Å². The van der Waals surface area contributed by atoms with Crippen LogP contribution in [0.15, 0.2) is 12.1 Å². The first-order valence-corrected chi connectivity index (χ1v) is 5.15. The first-order chi connectivity index (χ1) is 7.90. The van der Waals surface area contributed by atoms with E-state index < -0.39 is 17.8 Å². The molecule has 92 valence electrons. The van der Waals surface area contributed by atoms with E-state index in [2.05, 4.69) is 10.3 Å². The zero-order valence-corrected chi connectivity index (χ0v) is 9.73. The van der Waals surface area contributed by atoms with Crippen molar-refractivity contribution in [3.8, 4) is 0 Å². The zero-order chi connectivity index (χ0) is 13.0. The summed E-state index contributed by atoms with van der Waals surface area (Å²) in [5, 5.41) is 11.6. The van der Waals surface area contributed by atoms with Gasteiger partial charge in [-0.2, -0.15) is 0 Å². The number of primary amides is 1. The van der Waals surface area contributed by atoms with E-state index in [1.807, 2.05) is 0 Å². The SMILES string of the molecule is Cc1cc(C(N)=O)cc(NCC(C)C(=O)O)n1. The first-order valence-electron chi connectivity index (χ1n) is 5.15. The van der Waals surface area contributed by atoms with Crippen LogP contribution in [0.2, 0.25) is 0 Å². The summed E-state index contributed by atoms with van der Waals surface area (Å²) in [5.41, 5.74) is 6.16. The summed E-state index contributed by atoms with van der Waals surface area (Å²) in [6.07, 6.45) is 0. The third-order valence-electron chi connectivity index (χ3n) is 2.25. The largest absolute Gasteiger partial charge is 0.481 e. The number of pyridine rings is 1. The van der Waals surface area contributed by atoms with Crippen LogP contribution in [0.5, 0.6) is 0 Å². The van der Waals surface area contributed by atoms with E-state index in [9.17, 15) is 9.59 Å². The van der Waals surface area contributed by atoms with Crippen molar-refractivity contribution in [2.24, 2.45) is 11.7 Å². The normalized spacial score (nSPS) is 11.9. The monoisotopic (exact) mass is 237 g/mol. The zero-order valence-electron chi connectivity index (χ0n) is 9.73. The minimum absolute atomic E-state index is 0.240. The Kier molecular flexibility index (Phi) is 4.03. The summed E-state index contributed by atoms with van der Waals surface area (Å²) >= 11 is 0. The van der Waals surface area contributed by atoms with Crippen LogP contribution in [0.4, 0.5) is 5.82 Å². The molecule has 0 fully saturated rings. The maximum atomic E-state index is 11.0. The van der Waals surface area contributed by atoms with Crippen LogP contribution < -0.4 is 11.1 Å². The molecule has 6 heteroatoms. The molecule has 0 aliphatic heterocycles. The lowest BCUT2D eigenvalue weighted by atomic mass is 10.2. The van der Waals surface area contributed by atoms with Gasteiger partial charge in [-0.05, 0) is 19.1 Å². The number of amides is 1. The molecule has 1 amide bonds. The fourth-order valence-electron chi connectivity index (χ4n) is 1.25. The van der Waals surface area contributed by atoms with Gasteiger partial charge >= 0.3 is 5.97 Å². The average Bonchev–Trinajstić information content (AvgIpc) is 2.24. The minimum Gasteiger partial charge on any atom is -0.481 e. The Bertz CT molecular complexity index is 446. The molecule has 0 saturated carbocycles. The van der Waals surface area contributed by atoms with Crippen LogP contribution in [0.1, 0.15) is 23.0 Å². The molecule has 0 spiro atoms. The van der Waals surface area contributed by atoms with Gasteiger partial charge in [0.2, 0.25) is 5.91 Å². The number of hydrogen-bond acceptors (Lipinski definition) is 4. The van der Waals surface area contributed by atoms with Gasteiger partial charge in [0.1, 0.15) is 5.82 Å². The molecule has 17 heavy (non-hydrogen) atoms. The van der Waals surface area contributed by atoms with Gasteiger partial charge < -0.3 is 16.2 Å². The Balaban J connectivity index is 2.78. The molecule has 1 heterocycles. The number of aryl methyl sites for hydroxylation is 1. The van der Waals surface area contributed by atoms with Gasteiger partial charge in [-0.15, -0.1) is 0 Å². The number of carboxylic acids is 1. The lowest BCUT2D eigenvalue weighted by Gasteiger charge is -2.10. The van der Waals surface area contributed by atoms with E-state index in [1.165, 1.54) is 6.07 Å². The number of nitrogens with zero attached hydrogens (tertiary/aromatic N) is 1. The third-order valence-corrected chi connectivity index (χ3v) is 2.25. The Morgan fingerprint density at radius 1 is 1.53 bits per heavy atom. The highest BCUT2D eigenvalue weighted by molar-refractivity contribution is 5.93. The highest BCUT2D eigenvalue weighted by Gasteiger charge is 2.11. The summed E-state index contributed by atoms with van der Waals surface area (Å²) in [6, 6.07) is 3.08. The Hall–Kier alpha value is -2.11. The number of anilines is 1. The van der Waals surface area contributed by atoms with Gasteiger partial charge in [0.15, 0.2) is 0 Å². The van der Waals surface area contributed by atoms with Crippen molar-refractivity contribution in [1.29, 1.82) is 0 Å². The maximum Gasteiger partial charge on any atom is 0.308 e. The first kappa shape index (κ1) is 13.0. The van der Waals surface area contributed by atoms with E-state index in [0.29, 0.717) is 17.1 Å². The molecule has 1 rings (SSSR count). The molecule has 0 saturated heterocycles. The van der Waals surface area contributed by atoms with Crippen molar-refractivity contribution in [2.75, 3.05) is 11.9 Å². The van der Waals surface area contributed by atoms with Crippen molar-refractivity contribution in [2.45, 2.75) is 13.8 Å². The number of nitrogens with two attached hydrogens (primary N) is 1. The van der Waals surface area contributed by atoms with Crippen molar-refractivity contribution in [3.63, 3.8) is 0 Å². The second-order valence-corrected chi connectivity index (χ2v) is 3.87. The van der Waals surface area contributed by atoms with Gasteiger partial charge in [-0.3, -0.25) is 9.59 Å². The fourth-order valence-corrected chi connectivity index (χ4v) is 1.25. The van der Waals surface area contributed by atoms with E-state index in [0.717, 1.165) is 0 Å². The number of hydrogen-bond donors (Lipinski definition) is 3. The van der Waals surface area contributed by atoms with E-state index in [-0.39, 0.29) is 6.54 Å². The highest BCUT2D eigenvalue weighted by Crippen LogP contribution is 2.10. The summed E-state index contributed by atoms with van der Waals surface area (Å²) in [4.78, 5) is 25.8. The number of aromatic nitrogens is 1. The smallest absolute Gasteiger partial charge is 0.308 e. The lowest BCUT2D eigenvalue weighted by molar-refractivity contribution is -0.140. The molecule has 1 aromatic heterocycles. The number of carbonyl (C=O) groups excluding carboxylic acids is 1. The van der Waals surface area contributed by atoms with Crippen molar-refractivity contribution >= 4 is 17.7 Å². The van der Waals surface area contributed by atoms with Gasteiger partial charge in [0.25, 0.3) is 0 Å². The predicted molar refractivity (Wildman–Crippen MR) is 62.8 cm³/mol. The molecule has 0 radical (unpaired) electrons. The lowest BCUT2D eigenvalue weighted by Crippen LogP contribution is -2.20. The Morgan fingerprint density at radius 2 is 2.18 bits per heavy atom. The van der Waals surface area contributed by atoms with Crippen LogP contribution in [0, 0.1) is 12.8 Å². The van der Waals surface area contributed by atoms with Crippen LogP contribution in [-0.4, -0.2) is 28.5 Å². The van der Waals surface area contributed by atoms with Crippen molar-refractivity contribution < 1.29 is 14.7 Å². The molecule has 4 N–H and O–H groups in total. The van der Waals surface area contributed by atoms with Gasteiger partial charge in [-0.1, -0.05) is 6.92 Å². The van der Waals surface area contributed by atoms with Crippen LogP contribution >= 0.6 is 0 Å². The number of nitrogens with one attached hydrogen (secondary N) is 1. The molecule has 1 unspecified atom stereocenters. The highest BCUT2D eigenvalue weighted by atomic mass is 16.4. The summed E-state index contributed by atoms with van der Waals surface area (Å²) in [5.74, 6) is -1.51. The molecule has 0 aliphatic rings. The summed E-state index contributed by atoms with van der Waals surface area (Å²) in [7, 11) is 0. The number of carbonyl (C=O) groups is 2. The van der Waals surface area contributed by atoms with Crippen molar-refractivity contribution in [3.05, 3.63) is 23.4 Å². The Labute approximate surface area is 98.8 Å². The van der Waals surface area contributed by atoms with Crippen LogP contribution in [-0.2, 0) is 4.79 Å². The minimum atomic E-state index is -0.889. The average molecular weight is 237 g/mol. The van der Waals surface area contributed by atoms with E-state index >= 15 is 0 Å². The van der Waals surface area contributed by atoms with Crippen LogP contribution in [0.25, 0.3) is 0 Å². The second-order valence-electron chi connectivity index (χ2n) is 3.87. The summed E-state index contributed by atoms with van der Waals surface area (Å²) < 4.78 is 0. The topological polar surface area (TPSA) is 105 Å². The third kappa shape index (κ3) is 3.75. The molecule has 0 aliphatic carbocycles. The summed E-state index contributed by atoms with van der Waals surface area (Å²) in [6.45, 7) is 3.56. The predicted octanol–water partition coefficient (Wildman–Crippen LogP) is 0.622. The second kappa shape index (κ2) is 5.29. The van der Waals surface area contributed by atoms with Gasteiger partial charge in [-0.25, -0.2) is 4.98 Å². The number of aliphatic carboxylic acids is 1. The van der Waals surface area contributed by atoms with Crippen LogP contribution in [0.3, 0.4) is 0 Å².